The van der Waals surface area contributed by atoms with E-state index in [-0.39, 0.29) is 12.0 Å². The third-order valence-corrected chi connectivity index (χ3v) is 4.89. The van der Waals surface area contributed by atoms with Gasteiger partial charge in [-0.2, -0.15) is 0 Å². The number of rotatable bonds is 5. The van der Waals surface area contributed by atoms with Crippen molar-refractivity contribution in [1.82, 2.24) is 9.88 Å². The van der Waals surface area contributed by atoms with Gasteiger partial charge in [-0.3, -0.25) is 4.79 Å². The Kier molecular flexibility index (Phi) is 5.23. The summed E-state index contributed by atoms with van der Waals surface area (Å²) in [5.41, 5.74) is 1.10. The van der Waals surface area contributed by atoms with Crippen molar-refractivity contribution in [2.75, 3.05) is 6.54 Å². The number of nitrogens with zero attached hydrogens (tertiary/aromatic N) is 1. The van der Waals surface area contributed by atoms with Crippen molar-refractivity contribution in [1.29, 1.82) is 0 Å². The fraction of sp³-hybridized carbons (Fsp3) is 0.500. The van der Waals surface area contributed by atoms with Crippen LogP contribution in [-0.2, 0) is 11.3 Å². The molecule has 1 fully saturated rings. The van der Waals surface area contributed by atoms with Crippen LogP contribution >= 0.6 is 11.6 Å². The van der Waals surface area contributed by atoms with Gasteiger partial charge in [0.15, 0.2) is 0 Å². The van der Waals surface area contributed by atoms with E-state index in [2.05, 4.69) is 9.88 Å². The number of benzene rings is 1. The van der Waals surface area contributed by atoms with Crippen LogP contribution in [-0.4, -0.2) is 28.2 Å². The molecule has 1 amide bonds. The smallest absolute Gasteiger partial charge is 0.221 e. The van der Waals surface area contributed by atoms with Gasteiger partial charge >= 0.3 is 0 Å². The van der Waals surface area contributed by atoms with Crippen molar-refractivity contribution < 1.29 is 9.90 Å². The number of fused-ring (bicyclic) bond motifs is 1. The second-order valence-corrected chi connectivity index (χ2v) is 6.89. The van der Waals surface area contributed by atoms with Gasteiger partial charge in [0, 0.05) is 41.6 Å². The lowest BCUT2D eigenvalue weighted by atomic mass is 9.87. The van der Waals surface area contributed by atoms with E-state index in [4.69, 9.17) is 11.6 Å². The van der Waals surface area contributed by atoms with Gasteiger partial charge in [0.2, 0.25) is 5.91 Å². The lowest BCUT2D eigenvalue weighted by Gasteiger charge is -2.25. The van der Waals surface area contributed by atoms with Gasteiger partial charge in [0.25, 0.3) is 0 Å². The Morgan fingerprint density at radius 3 is 3.04 bits per heavy atom. The SMILES string of the molecule is O=C(CCn1ccc2cc(Cl)ccc21)NCC1CCCC(O)C1. The molecule has 1 aromatic carbocycles. The molecule has 0 saturated heterocycles. The maximum absolute atomic E-state index is 12.0. The minimum atomic E-state index is -0.191. The highest BCUT2D eigenvalue weighted by Crippen LogP contribution is 2.23. The van der Waals surface area contributed by atoms with E-state index in [0.29, 0.717) is 25.4 Å². The molecule has 2 atom stereocenters. The maximum atomic E-state index is 12.0. The van der Waals surface area contributed by atoms with Crippen molar-refractivity contribution in [2.45, 2.75) is 44.8 Å². The molecule has 1 aliphatic carbocycles. The van der Waals surface area contributed by atoms with Crippen LogP contribution < -0.4 is 5.32 Å². The van der Waals surface area contributed by atoms with Gasteiger partial charge in [-0.15, -0.1) is 0 Å². The quantitative estimate of drug-likeness (QED) is 0.881. The fourth-order valence-electron chi connectivity index (χ4n) is 3.38. The van der Waals surface area contributed by atoms with Crippen LogP contribution in [0.25, 0.3) is 10.9 Å². The lowest BCUT2D eigenvalue weighted by molar-refractivity contribution is -0.121. The van der Waals surface area contributed by atoms with Crippen LogP contribution in [0.4, 0.5) is 0 Å². The molecule has 2 N–H and O–H groups in total. The van der Waals surface area contributed by atoms with Crippen molar-refractivity contribution in [3.63, 3.8) is 0 Å². The Labute approximate surface area is 141 Å². The highest BCUT2D eigenvalue weighted by molar-refractivity contribution is 6.31. The molecule has 0 bridgehead atoms. The van der Waals surface area contributed by atoms with Gasteiger partial charge in [0.1, 0.15) is 0 Å². The van der Waals surface area contributed by atoms with E-state index in [1.807, 2.05) is 30.5 Å². The lowest BCUT2D eigenvalue weighted by Crippen LogP contribution is -2.33. The van der Waals surface area contributed by atoms with E-state index >= 15 is 0 Å². The molecule has 5 heteroatoms. The first-order chi connectivity index (χ1) is 11.1. The molecule has 4 nitrogen and oxygen atoms in total. The monoisotopic (exact) mass is 334 g/mol. The van der Waals surface area contributed by atoms with Gasteiger partial charge < -0.3 is 15.0 Å². The standard InChI is InChI=1S/C18H23ClN2O2/c19-15-4-5-17-14(11-15)6-8-21(17)9-7-18(23)20-12-13-2-1-3-16(22)10-13/h4-6,8,11,13,16,22H,1-3,7,9-10,12H2,(H,20,23). The fourth-order valence-corrected chi connectivity index (χ4v) is 3.56. The molecule has 2 unspecified atom stereocenters. The van der Waals surface area contributed by atoms with Crippen LogP contribution in [0.15, 0.2) is 30.5 Å². The third-order valence-electron chi connectivity index (χ3n) is 4.66. The summed E-state index contributed by atoms with van der Waals surface area (Å²) in [6.45, 7) is 1.34. The number of aryl methyl sites for hydroxylation is 1. The van der Waals surface area contributed by atoms with Gasteiger partial charge in [-0.25, -0.2) is 0 Å². The Morgan fingerprint density at radius 1 is 1.35 bits per heavy atom. The Bertz CT molecular complexity index is 683. The average Bonchev–Trinajstić information content (AvgIpc) is 2.93. The number of halogens is 1. The molecular weight excluding hydrogens is 312 g/mol. The van der Waals surface area contributed by atoms with E-state index in [1.165, 1.54) is 0 Å². The number of amides is 1. The number of aromatic nitrogens is 1. The largest absolute Gasteiger partial charge is 0.393 e. The van der Waals surface area contributed by atoms with Gasteiger partial charge in [-0.1, -0.05) is 18.0 Å². The summed E-state index contributed by atoms with van der Waals surface area (Å²) >= 11 is 5.99. The van der Waals surface area contributed by atoms with Crippen LogP contribution in [0.1, 0.15) is 32.1 Å². The summed E-state index contributed by atoms with van der Waals surface area (Å²) in [6, 6.07) is 7.80. The van der Waals surface area contributed by atoms with E-state index in [9.17, 15) is 9.90 Å². The van der Waals surface area contributed by atoms with E-state index in [0.717, 1.165) is 41.6 Å². The zero-order valence-corrected chi connectivity index (χ0v) is 13.9. The predicted molar refractivity (Wildman–Crippen MR) is 92.5 cm³/mol. The van der Waals surface area contributed by atoms with Crippen LogP contribution in [0.3, 0.4) is 0 Å². The molecule has 124 valence electrons. The summed E-state index contributed by atoms with van der Waals surface area (Å²) < 4.78 is 2.08. The van der Waals surface area contributed by atoms with E-state index < -0.39 is 0 Å². The minimum Gasteiger partial charge on any atom is -0.393 e. The first-order valence-corrected chi connectivity index (χ1v) is 8.69. The second kappa shape index (κ2) is 7.37. The van der Waals surface area contributed by atoms with Crippen molar-refractivity contribution in [2.24, 2.45) is 5.92 Å². The molecule has 0 radical (unpaired) electrons. The zero-order chi connectivity index (χ0) is 16.2. The summed E-state index contributed by atoms with van der Waals surface area (Å²) in [5, 5.41) is 14.5. The molecule has 1 aromatic heterocycles. The Morgan fingerprint density at radius 2 is 2.22 bits per heavy atom. The summed E-state index contributed by atoms with van der Waals surface area (Å²) in [6.07, 6.45) is 6.12. The van der Waals surface area contributed by atoms with Crippen LogP contribution in [0.5, 0.6) is 0 Å². The summed E-state index contributed by atoms with van der Waals surface area (Å²) in [7, 11) is 0. The number of hydrogen-bond acceptors (Lipinski definition) is 2. The summed E-state index contributed by atoms with van der Waals surface area (Å²) in [5.74, 6) is 0.484. The molecule has 1 saturated carbocycles. The number of hydrogen-bond donors (Lipinski definition) is 2. The molecule has 3 rings (SSSR count). The average molecular weight is 335 g/mol. The molecule has 1 aliphatic rings. The summed E-state index contributed by atoms with van der Waals surface area (Å²) in [4.78, 5) is 12.0. The first-order valence-electron chi connectivity index (χ1n) is 8.31. The molecule has 0 spiro atoms. The van der Waals surface area contributed by atoms with Crippen LogP contribution in [0, 0.1) is 5.92 Å². The number of carbonyl (C=O) groups excluding carboxylic acids is 1. The first kappa shape index (κ1) is 16.3. The number of aliphatic hydroxyl groups is 1. The molecule has 23 heavy (non-hydrogen) atoms. The normalized spacial score (nSPS) is 21.5. The topological polar surface area (TPSA) is 54.3 Å². The predicted octanol–water partition coefficient (Wildman–Crippen LogP) is 3.35. The van der Waals surface area contributed by atoms with Gasteiger partial charge in [-0.05, 0) is 49.4 Å². The number of nitrogens with one attached hydrogen (secondary N) is 1. The van der Waals surface area contributed by atoms with Crippen molar-refractivity contribution >= 4 is 28.4 Å². The molecule has 0 aliphatic heterocycles. The number of carbonyl (C=O) groups is 1. The maximum Gasteiger partial charge on any atom is 0.221 e. The van der Waals surface area contributed by atoms with Gasteiger partial charge in [0.05, 0.1) is 6.10 Å². The molecular formula is C18H23ClN2O2. The highest BCUT2D eigenvalue weighted by atomic mass is 35.5. The second-order valence-electron chi connectivity index (χ2n) is 6.45. The molecule has 1 heterocycles. The highest BCUT2D eigenvalue weighted by Gasteiger charge is 2.20. The Balaban J connectivity index is 1.48. The van der Waals surface area contributed by atoms with E-state index in [1.54, 1.807) is 0 Å². The van der Waals surface area contributed by atoms with Crippen LogP contribution in [0.2, 0.25) is 5.02 Å². The minimum absolute atomic E-state index is 0.0703. The van der Waals surface area contributed by atoms with Crippen molar-refractivity contribution in [3.05, 3.63) is 35.5 Å². The Hall–Kier alpha value is -1.52. The molecule has 2 aromatic rings. The third kappa shape index (κ3) is 4.27. The number of aliphatic hydroxyl groups excluding tert-OH is 1. The van der Waals surface area contributed by atoms with Crippen molar-refractivity contribution in [3.8, 4) is 0 Å². The zero-order valence-electron chi connectivity index (χ0n) is 13.2.